The van der Waals surface area contributed by atoms with E-state index in [0.29, 0.717) is 22.8 Å². The van der Waals surface area contributed by atoms with E-state index >= 15 is 0 Å². The summed E-state index contributed by atoms with van der Waals surface area (Å²) in [6.07, 6.45) is -3.61. The molecule has 0 spiro atoms. The van der Waals surface area contributed by atoms with E-state index in [1.807, 2.05) is 12.1 Å². The van der Waals surface area contributed by atoms with Crippen molar-refractivity contribution in [2.45, 2.75) is 19.2 Å². The van der Waals surface area contributed by atoms with Crippen molar-refractivity contribution in [1.82, 2.24) is 14.5 Å². The van der Waals surface area contributed by atoms with E-state index in [0.717, 1.165) is 21.7 Å². The van der Waals surface area contributed by atoms with Gasteiger partial charge in [-0.15, -0.1) is 0 Å². The lowest BCUT2D eigenvalue weighted by Gasteiger charge is -2.22. The number of halogens is 3. The molecule has 1 atom stereocenters. The highest BCUT2D eigenvalue weighted by atomic mass is 19.4. The zero-order valence-corrected chi connectivity index (χ0v) is 15.6. The third-order valence-corrected chi connectivity index (χ3v) is 4.93. The standard InChI is InChI=1S/C21H16F3N3O3/c1-11-14(13-7-12-5-6-25-20(12)26-9-13)3-2-4-15(11)27-10-18(29)17(28)8-16(27)19(30)21(22,23)24/h2-10,19,29-30H,1H3,(H,25,26). The Kier molecular flexibility index (Phi) is 4.62. The van der Waals surface area contributed by atoms with E-state index in [-0.39, 0.29) is 5.69 Å². The van der Waals surface area contributed by atoms with Crippen molar-refractivity contribution in [3.8, 4) is 22.6 Å². The number of benzene rings is 1. The number of alkyl halides is 3. The summed E-state index contributed by atoms with van der Waals surface area (Å²) in [5, 5.41) is 20.5. The quantitative estimate of drug-likeness (QED) is 0.472. The second kappa shape index (κ2) is 7.03. The number of nitrogens with one attached hydrogen (secondary N) is 1. The van der Waals surface area contributed by atoms with Gasteiger partial charge in [0.1, 0.15) is 5.65 Å². The number of aliphatic hydroxyl groups is 1. The Balaban J connectivity index is 1.93. The third kappa shape index (κ3) is 3.33. The molecule has 6 nitrogen and oxygen atoms in total. The Bertz CT molecular complexity index is 1310. The maximum atomic E-state index is 13.2. The normalized spacial score (nSPS) is 13.0. The minimum Gasteiger partial charge on any atom is -0.503 e. The molecule has 0 saturated heterocycles. The Morgan fingerprint density at radius 2 is 1.97 bits per heavy atom. The summed E-state index contributed by atoms with van der Waals surface area (Å²) < 4.78 is 40.5. The SMILES string of the molecule is Cc1c(-c2cnc3[nH]ccc3c2)cccc1-n1cc(O)c(=O)cc1C(O)C(F)(F)F. The van der Waals surface area contributed by atoms with Crippen molar-refractivity contribution in [2.24, 2.45) is 0 Å². The van der Waals surface area contributed by atoms with Crippen LogP contribution in [0.2, 0.25) is 0 Å². The van der Waals surface area contributed by atoms with Crippen molar-refractivity contribution in [1.29, 1.82) is 0 Å². The third-order valence-electron chi connectivity index (χ3n) is 4.93. The number of fused-ring (bicyclic) bond motifs is 1. The van der Waals surface area contributed by atoms with Gasteiger partial charge in [-0.05, 0) is 36.2 Å². The van der Waals surface area contributed by atoms with E-state index in [4.69, 9.17) is 0 Å². The Labute approximate surface area is 167 Å². The summed E-state index contributed by atoms with van der Waals surface area (Å²) in [4.78, 5) is 19.1. The fourth-order valence-electron chi connectivity index (χ4n) is 3.41. The average Bonchev–Trinajstić information content (AvgIpc) is 3.16. The molecule has 0 saturated carbocycles. The molecule has 0 fully saturated rings. The predicted octanol–water partition coefficient (Wildman–Crippen LogP) is 3.99. The van der Waals surface area contributed by atoms with E-state index in [2.05, 4.69) is 9.97 Å². The molecule has 4 aromatic rings. The lowest BCUT2D eigenvalue weighted by atomic mass is 9.99. The molecule has 3 aromatic heterocycles. The zero-order chi connectivity index (χ0) is 21.6. The van der Waals surface area contributed by atoms with Gasteiger partial charge < -0.3 is 19.8 Å². The molecule has 30 heavy (non-hydrogen) atoms. The zero-order valence-electron chi connectivity index (χ0n) is 15.6. The molecule has 9 heteroatoms. The smallest absolute Gasteiger partial charge is 0.420 e. The summed E-state index contributed by atoms with van der Waals surface area (Å²) in [7, 11) is 0. The van der Waals surface area contributed by atoms with E-state index in [1.165, 1.54) is 6.07 Å². The lowest BCUT2D eigenvalue weighted by Crippen LogP contribution is -2.25. The van der Waals surface area contributed by atoms with Gasteiger partial charge in [0, 0.05) is 35.1 Å². The van der Waals surface area contributed by atoms with Crippen molar-refractivity contribution < 1.29 is 23.4 Å². The van der Waals surface area contributed by atoms with Crippen LogP contribution in [0.15, 0.2) is 59.8 Å². The fraction of sp³-hybridized carbons (Fsp3) is 0.143. The second-order valence-corrected chi connectivity index (χ2v) is 6.85. The minimum atomic E-state index is -4.99. The largest absolute Gasteiger partial charge is 0.503 e. The number of hydrogen-bond acceptors (Lipinski definition) is 4. The molecule has 0 aliphatic heterocycles. The average molecular weight is 415 g/mol. The summed E-state index contributed by atoms with van der Waals surface area (Å²) in [6, 6.07) is 9.29. The van der Waals surface area contributed by atoms with Crippen LogP contribution >= 0.6 is 0 Å². The van der Waals surface area contributed by atoms with Gasteiger partial charge in [-0.3, -0.25) is 4.79 Å². The van der Waals surface area contributed by atoms with Gasteiger partial charge in [0.2, 0.25) is 5.43 Å². The van der Waals surface area contributed by atoms with Gasteiger partial charge in [0.05, 0.1) is 11.9 Å². The maximum Gasteiger partial charge on any atom is 0.420 e. The first-order valence-corrected chi connectivity index (χ1v) is 8.90. The van der Waals surface area contributed by atoms with E-state index in [9.17, 15) is 28.2 Å². The minimum absolute atomic E-state index is 0.273. The van der Waals surface area contributed by atoms with Gasteiger partial charge in [-0.1, -0.05) is 12.1 Å². The topological polar surface area (TPSA) is 91.1 Å². The number of aliphatic hydroxyl groups excluding tert-OH is 1. The number of hydrogen-bond donors (Lipinski definition) is 3. The first-order chi connectivity index (χ1) is 14.2. The monoisotopic (exact) mass is 415 g/mol. The van der Waals surface area contributed by atoms with Crippen LogP contribution in [-0.2, 0) is 0 Å². The van der Waals surface area contributed by atoms with Crippen LogP contribution < -0.4 is 5.43 Å². The highest BCUT2D eigenvalue weighted by molar-refractivity contribution is 5.82. The number of aromatic hydroxyl groups is 1. The first kappa shape index (κ1) is 19.7. The predicted molar refractivity (Wildman–Crippen MR) is 105 cm³/mol. The molecule has 154 valence electrons. The van der Waals surface area contributed by atoms with Gasteiger partial charge in [-0.25, -0.2) is 4.98 Å². The Morgan fingerprint density at radius 3 is 2.70 bits per heavy atom. The molecule has 0 amide bonds. The summed E-state index contributed by atoms with van der Waals surface area (Å²) >= 11 is 0. The summed E-state index contributed by atoms with van der Waals surface area (Å²) in [5.41, 5.74) is 1.29. The van der Waals surface area contributed by atoms with Crippen LogP contribution in [0.5, 0.6) is 5.75 Å². The molecule has 4 rings (SSSR count). The molecule has 0 aliphatic rings. The molecule has 3 N–H and O–H groups in total. The molecule has 0 radical (unpaired) electrons. The Hall–Kier alpha value is -3.59. The van der Waals surface area contributed by atoms with Crippen LogP contribution in [0.3, 0.4) is 0 Å². The molecule has 1 aromatic carbocycles. The number of aromatic amines is 1. The molecular formula is C21H16F3N3O3. The summed E-state index contributed by atoms with van der Waals surface area (Å²) in [6.45, 7) is 1.70. The first-order valence-electron chi connectivity index (χ1n) is 8.90. The molecule has 0 bridgehead atoms. The van der Waals surface area contributed by atoms with Crippen LogP contribution in [0, 0.1) is 6.92 Å². The van der Waals surface area contributed by atoms with Gasteiger partial charge in [-0.2, -0.15) is 13.2 Å². The number of aromatic nitrogens is 3. The molecule has 1 unspecified atom stereocenters. The number of H-pyrrole nitrogens is 1. The highest BCUT2D eigenvalue weighted by Gasteiger charge is 2.41. The number of nitrogens with zero attached hydrogens (tertiary/aromatic N) is 2. The number of pyridine rings is 2. The van der Waals surface area contributed by atoms with E-state index in [1.54, 1.807) is 31.5 Å². The van der Waals surface area contributed by atoms with Crippen LogP contribution in [-0.4, -0.2) is 30.9 Å². The number of rotatable bonds is 3. The van der Waals surface area contributed by atoms with E-state index < -0.39 is 29.2 Å². The highest BCUT2D eigenvalue weighted by Crippen LogP contribution is 2.35. The fourth-order valence-corrected chi connectivity index (χ4v) is 3.41. The van der Waals surface area contributed by atoms with Gasteiger partial charge >= 0.3 is 6.18 Å². The van der Waals surface area contributed by atoms with Crippen LogP contribution in [0.1, 0.15) is 17.4 Å². The summed E-state index contributed by atoms with van der Waals surface area (Å²) in [5.74, 6) is -0.728. The second-order valence-electron chi connectivity index (χ2n) is 6.85. The Morgan fingerprint density at radius 1 is 1.20 bits per heavy atom. The van der Waals surface area contributed by atoms with Crippen molar-refractivity contribution in [2.75, 3.05) is 0 Å². The van der Waals surface area contributed by atoms with Crippen LogP contribution in [0.25, 0.3) is 27.8 Å². The van der Waals surface area contributed by atoms with Crippen molar-refractivity contribution >= 4 is 11.0 Å². The molecule has 3 heterocycles. The van der Waals surface area contributed by atoms with Gasteiger partial charge in [0.25, 0.3) is 0 Å². The maximum absolute atomic E-state index is 13.2. The van der Waals surface area contributed by atoms with Crippen molar-refractivity contribution in [3.05, 3.63) is 76.5 Å². The van der Waals surface area contributed by atoms with Crippen LogP contribution in [0.4, 0.5) is 13.2 Å². The van der Waals surface area contributed by atoms with Gasteiger partial charge in [0.15, 0.2) is 11.9 Å². The molecular weight excluding hydrogens is 399 g/mol. The van der Waals surface area contributed by atoms with Crippen molar-refractivity contribution in [3.63, 3.8) is 0 Å². The lowest BCUT2D eigenvalue weighted by molar-refractivity contribution is -0.208. The molecule has 0 aliphatic carbocycles.